The van der Waals surface area contributed by atoms with Crippen molar-refractivity contribution in [3.63, 3.8) is 0 Å². The van der Waals surface area contributed by atoms with Gasteiger partial charge >= 0.3 is 0 Å². The van der Waals surface area contributed by atoms with Crippen molar-refractivity contribution in [3.8, 4) is 0 Å². The predicted molar refractivity (Wildman–Crippen MR) is 77.8 cm³/mol. The zero-order valence-corrected chi connectivity index (χ0v) is 12.9. The van der Waals surface area contributed by atoms with E-state index in [1.807, 2.05) is 11.7 Å². The highest BCUT2D eigenvalue weighted by Gasteiger charge is 2.21. The van der Waals surface area contributed by atoms with Crippen molar-refractivity contribution in [1.29, 1.82) is 0 Å². The highest BCUT2D eigenvalue weighted by molar-refractivity contribution is 5.28. The molecular weight excluding hydrogens is 222 g/mol. The molecule has 0 saturated heterocycles. The molecule has 1 aromatic heterocycles. The molecule has 0 radical (unpaired) electrons. The molecule has 0 saturated carbocycles. The Hall–Kier alpha value is -0.830. The van der Waals surface area contributed by atoms with Crippen LogP contribution in [0.2, 0.25) is 0 Å². The van der Waals surface area contributed by atoms with E-state index in [0.29, 0.717) is 6.04 Å². The van der Waals surface area contributed by atoms with Gasteiger partial charge in [-0.3, -0.25) is 4.68 Å². The van der Waals surface area contributed by atoms with Gasteiger partial charge in [0.25, 0.3) is 0 Å². The van der Waals surface area contributed by atoms with E-state index in [0.717, 1.165) is 12.5 Å². The van der Waals surface area contributed by atoms with E-state index in [9.17, 15) is 0 Å². The molecule has 1 heterocycles. The molecule has 104 valence electrons. The fraction of sp³-hybridized carbons (Fsp3) is 0.800. The molecule has 0 aliphatic heterocycles. The van der Waals surface area contributed by atoms with E-state index in [-0.39, 0.29) is 0 Å². The third kappa shape index (κ3) is 3.58. The first-order valence-electron chi connectivity index (χ1n) is 7.24. The smallest absolute Gasteiger partial charge is 0.0644 e. The second-order valence-corrected chi connectivity index (χ2v) is 5.45. The minimum Gasteiger partial charge on any atom is -0.310 e. The van der Waals surface area contributed by atoms with Gasteiger partial charge in [-0.15, -0.1) is 0 Å². The van der Waals surface area contributed by atoms with E-state index in [2.05, 4.69) is 45.0 Å². The first-order chi connectivity index (χ1) is 8.51. The van der Waals surface area contributed by atoms with Crippen LogP contribution in [0.4, 0.5) is 0 Å². The summed E-state index contributed by atoms with van der Waals surface area (Å²) in [6.07, 6.45) is 3.78. The van der Waals surface area contributed by atoms with Crippen LogP contribution < -0.4 is 5.32 Å². The quantitative estimate of drug-likeness (QED) is 0.803. The largest absolute Gasteiger partial charge is 0.310 e. The molecule has 2 unspecified atom stereocenters. The lowest BCUT2D eigenvalue weighted by molar-refractivity contribution is 0.393. The average molecular weight is 251 g/mol. The van der Waals surface area contributed by atoms with Gasteiger partial charge in [0.05, 0.1) is 5.69 Å². The summed E-state index contributed by atoms with van der Waals surface area (Å²) >= 11 is 0. The van der Waals surface area contributed by atoms with Gasteiger partial charge in [-0.05, 0) is 32.7 Å². The summed E-state index contributed by atoms with van der Waals surface area (Å²) < 4.78 is 2.00. The first-order valence-corrected chi connectivity index (χ1v) is 7.24. The van der Waals surface area contributed by atoms with Gasteiger partial charge in [0.2, 0.25) is 0 Å². The summed E-state index contributed by atoms with van der Waals surface area (Å²) in [5.74, 6) is 0.762. The summed E-state index contributed by atoms with van der Waals surface area (Å²) in [6, 6.07) is 0.449. The molecule has 2 atom stereocenters. The molecule has 0 aromatic carbocycles. The van der Waals surface area contributed by atoms with Crippen LogP contribution in [0.25, 0.3) is 0 Å². The Morgan fingerprint density at radius 2 is 1.94 bits per heavy atom. The molecule has 1 aromatic rings. The van der Waals surface area contributed by atoms with E-state index in [1.54, 1.807) is 0 Å². The van der Waals surface area contributed by atoms with E-state index < -0.39 is 0 Å². The number of nitrogens with one attached hydrogen (secondary N) is 1. The molecule has 0 aliphatic carbocycles. The molecule has 0 spiro atoms. The fourth-order valence-electron chi connectivity index (χ4n) is 2.86. The Kier molecular flexibility index (Phi) is 5.86. The first kappa shape index (κ1) is 15.2. The Morgan fingerprint density at radius 3 is 2.39 bits per heavy atom. The molecule has 0 aliphatic rings. The summed E-state index contributed by atoms with van der Waals surface area (Å²) in [5.41, 5.74) is 3.87. The Morgan fingerprint density at radius 1 is 1.28 bits per heavy atom. The molecule has 1 N–H and O–H groups in total. The van der Waals surface area contributed by atoms with Gasteiger partial charge in [0, 0.05) is 24.3 Å². The minimum absolute atomic E-state index is 0.449. The molecule has 0 fully saturated rings. The van der Waals surface area contributed by atoms with Crippen molar-refractivity contribution in [3.05, 3.63) is 17.0 Å². The highest BCUT2D eigenvalue weighted by atomic mass is 15.3. The average Bonchev–Trinajstić information content (AvgIpc) is 2.53. The summed E-state index contributed by atoms with van der Waals surface area (Å²) in [6.45, 7) is 12.1. The maximum Gasteiger partial charge on any atom is 0.0644 e. The standard InChI is InChI=1S/C15H29N3/c1-7-9-11(3)10-14(16-8-2)15-12(4)17-18(6)13(15)5/h11,14,16H,7-10H2,1-6H3. The van der Waals surface area contributed by atoms with Gasteiger partial charge in [-0.2, -0.15) is 5.10 Å². The van der Waals surface area contributed by atoms with Gasteiger partial charge < -0.3 is 5.32 Å². The zero-order chi connectivity index (χ0) is 13.7. The zero-order valence-electron chi connectivity index (χ0n) is 12.9. The van der Waals surface area contributed by atoms with Crippen molar-refractivity contribution in [2.24, 2.45) is 13.0 Å². The lowest BCUT2D eigenvalue weighted by atomic mass is 9.92. The van der Waals surface area contributed by atoms with Crippen LogP contribution in [0.15, 0.2) is 0 Å². The van der Waals surface area contributed by atoms with Crippen molar-refractivity contribution in [2.75, 3.05) is 6.54 Å². The Balaban J connectivity index is 2.89. The SMILES string of the molecule is CCCC(C)CC(NCC)c1c(C)nn(C)c1C. The number of hydrogen-bond donors (Lipinski definition) is 1. The van der Waals surface area contributed by atoms with Crippen molar-refractivity contribution in [1.82, 2.24) is 15.1 Å². The van der Waals surface area contributed by atoms with Crippen molar-refractivity contribution >= 4 is 0 Å². The molecule has 3 nitrogen and oxygen atoms in total. The van der Waals surface area contributed by atoms with Crippen molar-refractivity contribution in [2.45, 2.75) is 59.9 Å². The molecule has 0 amide bonds. The van der Waals surface area contributed by atoms with E-state index >= 15 is 0 Å². The predicted octanol–water partition coefficient (Wildman–Crippen LogP) is 3.51. The Labute approximate surface area is 112 Å². The molecule has 3 heteroatoms. The third-order valence-electron chi connectivity index (χ3n) is 3.78. The van der Waals surface area contributed by atoms with Crippen LogP contribution in [-0.2, 0) is 7.05 Å². The lowest BCUT2D eigenvalue weighted by Crippen LogP contribution is -2.24. The maximum absolute atomic E-state index is 4.54. The number of rotatable bonds is 7. The summed E-state index contributed by atoms with van der Waals surface area (Å²) in [4.78, 5) is 0. The van der Waals surface area contributed by atoms with Gasteiger partial charge in [-0.1, -0.05) is 33.6 Å². The topological polar surface area (TPSA) is 29.9 Å². The number of hydrogen-bond acceptors (Lipinski definition) is 2. The monoisotopic (exact) mass is 251 g/mol. The minimum atomic E-state index is 0.449. The normalized spacial score (nSPS) is 14.8. The lowest BCUT2D eigenvalue weighted by Gasteiger charge is -2.22. The van der Waals surface area contributed by atoms with Crippen LogP contribution in [-0.4, -0.2) is 16.3 Å². The van der Waals surface area contributed by atoms with Crippen LogP contribution in [0.3, 0.4) is 0 Å². The van der Waals surface area contributed by atoms with Crippen molar-refractivity contribution < 1.29 is 0 Å². The second-order valence-electron chi connectivity index (χ2n) is 5.45. The molecule has 1 rings (SSSR count). The molecular formula is C15H29N3. The number of aromatic nitrogens is 2. The van der Waals surface area contributed by atoms with E-state index in [4.69, 9.17) is 0 Å². The van der Waals surface area contributed by atoms with Gasteiger partial charge in [-0.25, -0.2) is 0 Å². The molecule has 0 bridgehead atoms. The summed E-state index contributed by atoms with van der Waals surface area (Å²) in [7, 11) is 2.03. The van der Waals surface area contributed by atoms with Crippen LogP contribution >= 0.6 is 0 Å². The number of aryl methyl sites for hydroxylation is 2. The number of nitrogens with zero attached hydrogens (tertiary/aromatic N) is 2. The highest BCUT2D eigenvalue weighted by Crippen LogP contribution is 2.28. The summed E-state index contributed by atoms with van der Waals surface area (Å²) in [5, 5.41) is 8.17. The fourth-order valence-corrected chi connectivity index (χ4v) is 2.86. The van der Waals surface area contributed by atoms with Crippen LogP contribution in [0.5, 0.6) is 0 Å². The maximum atomic E-state index is 4.54. The third-order valence-corrected chi connectivity index (χ3v) is 3.78. The van der Waals surface area contributed by atoms with Gasteiger partial charge in [0.1, 0.15) is 0 Å². The van der Waals surface area contributed by atoms with Gasteiger partial charge in [0.15, 0.2) is 0 Å². The second kappa shape index (κ2) is 6.93. The van der Waals surface area contributed by atoms with E-state index in [1.165, 1.54) is 36.2 Å². The van der Waals surface area contributed by atoms with Crippen LogP contribution in [0, 0.1) is 19.8 Å². The molecule has 18 heavy (non-hydrogen) atoms. The van der Waals surface area contributed by atoms with Crippen LogP contribution in [0.1, 0.15) is 63.0 Å². The Bertz CT molecular complexity index is 368.